The third kappa shape index (κ3) is 2.59. The maximum absolute atomic E-state index is 12.8. The van der Waals surface area contributed by atoms with Crippen LogP contribution in [0.15, 0.2) is 42.7 Å². The van der Waals surface area contributed by atoms with Crippen LogP contribution in [0.3, 0.4) is 0 Å². The summed E-state index contributed by atoms with van der Waals surface area (Å²) in [6.07, 6.45) is 5.42. The molecule has 1 atom stereocenters. The number of nitrogens with two attached hydrogens (primary N) is 1. The number of benzene rings is 1. The summed E-state index contributed by atoms with van der Waals surface area (Å²) in [5.74, 6) is -0.0996. The van der Waals surface area contributed by atoms with E-state index in [4.69, 9.17) is 17.3 Å². The fraction of sp³-hybridized carbons (Fsp3) is 0.250. The molecule has 0 aliphatic carbocycles. The molecule has 1 aliphatic heterocycles. The summed E-state index contributed by atoms with van der Waals surface area (Å²) in [6, 6.07) is 9.12. The van der Waals surface area contributed by atoms with Crippen molar-refractivity contribution in [2.24, 2.45) is 0 Å². The average molecular weight is 302 g/mol. The smallest absolute Gasteiger partial charge is 0.257 e. The van der Waals surface area contributed by atoms with Gasteiger partial charge in [0.2, 0.25) is 0 Å². The van der Waals surface area contributed by atoms with Gasteiger partial charge in [-0.15, -0.1) is 0 Å². The summed E-state index contributed by atoms with van der Waals surface area (Å²) < 4.78 is 0. The number of anilines is 1. The second-order valence-electron chi connectivity index (χ2n) is 5.14. The molecule has 1 aromatic heterocycles. The molecule has 1 aliphatic rings. The number of halogens is 1. The molecule has 1 saturated heterocycles. The average Bonchev–Trinajstić information content (AvgIpc) is 2.97. The molecule has 0 radical (unpaired) electrons. The molecule has 1 unspecified atom stereocenters. The van der Waals surface area contributed by atoms with Gasteiger partial charge in [-0.3, -0.25) is 9.78 Å². The van der Waals surface area contributed by atoms with Gasteiger partial charge in [-0.05, 0) is 42.7 Å². The van der Waals surface area contributed by atoms with Gasteiger partial charge in [-0.2, -0.15) is 0 Å². The molecule has 2 heterocycles. The zero-order valence-corrected chi connectivity index (χ0v) is 12.3. The number of carbonyl (C=O) groups is 1. The molecule has 0 saturated carbocycles. The predicted octanol–water partition coefficient (Wildman–Crippen LogP) is 3.29. The number of aromatic nitrogens is 1. The summed E-state index contributed by atoms with van der Waals surface area (Å²) in [5.41, 5.74) is 7.86. The fourth-order valence-electron chi connectivity index (χ4n) is 2.85. The first-order valence-corrected chi connectivity index (χ1v) is 7.31. The van der Waals surface area contributed by atoms with E-state index < -0.39 is 0 Å². The molecule has 2 N–H and O–H groups in total. The van der Waals surface area contributed by atoms with E-state index >= 15 is 0 Å². The lowest BCUT2D eigenvalue weighted by atomic mass is 10.0. The number of nitrogen functional groups attached to an aromatic ring is 1. The zero-order chi connectivity index (χ0) is 14.8. The molecule has 5 heteroatoms. The number of amides is 1. The Bertz CT molecular complexity index is 640. The molecule has 0 bridgehead atoms. The summed E-state index contributed by atoms with van der Waals surface area (Å²) in [4.78, 5) is 18.7. The van der Waals surface area contributed by atoms with Crippen LogP contribution in [0.4, 0.5) is 5.69 Å². The molecule has 108 valence electrons. The maximum Gasteiger partial charge on any atom is 0.257 e. The summed E-state index contributed by atoms with van der Waals surface area (Å²) >= 11 is 6.16. The quantitative estimate of drug-likeness (QED) is 0.866. The van der Waals surface area contributed by atoms with Crippen molar-refractivity contribution in [3.63, 3.8) is 0 Å². The number of likely N-dealkylation sites (tertiary alicyclic amines) is 1. The van der Waals surface area contributed by atoms with Crippen molar-refractivity contribution in [1.29, 1.82) is 0 Å². The van der Waals surface area contributed by atoms with Gasteiger partial charge in [0.15, 0.2) is 0 Å². The van der Waals surface area contributed by atoms with Crippen LogP contribution in [0.5, 0.6) is 0 Å². The molecule has 0 spiro atoms. The van der Waals surface area contributed by atoms with E-state index in [0.29, 0.717) is 16.3 Å². The van der Waals surface area contributed by atoms with Crippen molar-refractivity contribution >= 4 is 23.2 Å². The van der Waals surface area contributed by atoms with Gasteiger partial charge in [0, 0.05) is 24.6 Å². The van der Waals surface area contributed by atoms with Crippen LogP contribution in [-0.4, -0.2) is 22.3 Å². The standard InChI is InChI=1S/C16H16ClN3O/c17-12-3-1-4-13(18)15(12)16(21)20-10-2-5-14(20)11-6-8-19-9-7-11/h1,3-4,6-9,14H,2,5,10,18H2. The van der Waals surface area contributed by atoms with Crippen LogP contribution >= 0.6 is 11.6 Å². The van der Waals surface area contributed by atoms with Crippen molar-refractivity contribution < 1.29 is 4.79 Å². The minimum Gasteiger partial charge on any atom is -0.398 e. The molecular weight excluding hydrogens is 286 g/mol. The second-order valence-corrected chi connectivity index (χ2v) is 5.55. The Hall–Kier alpha value is -2.07. The van der Waals surface area contributed by atoms with Crippen LogP contribution in [0.2, 0.25) is 5.02 Å². The Balaban J connectivity index is 1.94. The Morgan fingerprint density at radius 3 is 2.76 bits per heavy atom. The van der Waals surface area contributed by atoms with Crippen molar-refractivity contribution in [3.8, 4) is 0 Å². The fourth-order valence-corrected chi connectivity index (χ4v) is 3.11. The number of nitrogens with zero attached hydrogens (tertiary/aromatic N) is 2. The topological polar surface area (TPSA) is 59.2 Å². The van der Waals surface area contributed by atoms with Crippen LogP contribution in [-0.2, 0) is 0 Å². The number of carbonyl (C=O) groups excluding carboxylic acids is 1. The molecule has 1 fully saturated rings. The first kappa shape index (κ1) is 13.9. The van der Waals surface area contributed by atoms with Gasteiger partial charge in [-0.1, -0.05) is 17.7 Å². The minimum absolute atomic E-state index is 0.0659. The maximum atomic E-state index is 12.8. The summed E-state index contributed by atoms with van der Waals surface area (Å²) in [7, 11) is 0. The highest BCUT2D eigenvalue weighted by Crippen LogP contribution is 2.35. The van der Waals surface area contributed by atoms with Crippen LogP contribution in [0.1, 0.15) is 34.8 Å². The number of hydrogen-bond donors (Lipinski definition) is 1. The molecule has 3 rings (SSSR count). The summed E-state index contributed by atoms with van der Waals surface area (Å²) in [6.45, 7) is 0.719. The van der Waals surface area contributed by atoms with Gasteiger partial charge in [0.25, 0.3) is 5.91 Å². The normalized spacial score (nSPS) is 18.0. The highest BCUT2D eigenvalue weighted by molar-refractivity contribution is 6.34. The lowest BCUT2D eigenvalue weighted by Gasteiger charge is -2.26. The van der Waals surface area contributed by atoms with Crippen molar-refractivity contribution in [2.75, 3.05) is 12.3 Å². The number of hydrogen-bond acceptors (Lipinski definition) is 3. The first-order valence-electron chi connectivity index (χ1n) is 6.93. The van der Waals surface area contributed by atoms with Crippen LogP contribution in [0.25, 0.3) is 0 Å². The van der Waals surface area contributed by atoms with Gasteiger partial charge in [0.1, 0.15) is 0 Å². The lowest BCUT2D eigenvalue weighted by molar-refractivity contribution is 0.0737. The predicted molar refractivity (Wildman–Crippen MR) is 83.1 cm³/mol. The Morgan fingerprint density at radius 1 is 1.29 bits per heavy atom. The summed E-state index contributed by atoms with van der Waals surface area (Å²) in [5, 5.41) is 0.403. The molecule has 21 heavy (non-hydrogen) atoms. The number of pyridine rings is 1. The zero-order valence-electron chi connectivity index (χ0n) is 11.5. The van der Waals surface area contributed by atoms with E-state index in [9.17, 15) is 4.79 Å². The van der Waals surface area contributed by atoms with E-state index in [1.165, 1.54) is 0 Å². The minimum atomic E-state index is -0.0996. The first-order chi connectivity index (χ1) is 10.2. The van der Waals surface area contributed by atoms with Gasteiger partial charge < -0.3 is 10.6 Å². The monoisotopic (exact) mass is 301 g/mol. The lowest BCUT2D eigenvalue weighted by Crippen LogP contribution is -2.31. The highest BCUT2D eigenvalue weighted by atomic mass is 35.5. The van der Waals surface area contributed by atoms with E-state index in [0.717, 1.165) is 24.9 Å². The van der Waals surface area contributed by atoms with Gasteiger partial charge in [0.05, 0.1) is 16.6 Å². The molecule has 4 nitrogen and oxygen atoms in total. The van der Waals surface area contributed by atoms with Crippen molar-refractivity contribution in [1.82, 2.24) is 9.88 Å². The molecule has 1 amide bonds. The van der Waals surface area contributed by atoms with E-state index in [2.05, 4.69) is 4.98 Å². The van der Waals surface area contributed by atoms with Gasteiger partial charge >= 0.3 is 0 Å². The highest BCUT2D eigenvalue weighted by Gasteiger charge is 2.32. The second kappa shape index (κ2) is 5.74. The van der Waals surface area contributed by atoms with Crippen LogP contribution in [0, 0.1) is 0 Å². The molecule has 2 aromatic rings. The third-order valence-corrected chi connectivity index (χ3v) is 4.18. The SMILES string of the molecule is Nc1cccc(Cl)c1C(=O)N1CCCC1c1ccncc1. The Morgan fingerprint density at radius 2 is 2.05 bits per heavy atom. The van der Waals surface area contributed by atoms with Crippen LogP contribution < -0.4 is 5.73 Å². The largest absolute Gasteiger partial charge is 0.398 e. The molecular formula is C16H16ClN3O. The Kier molecular flexibility index (Phi) is 3.80. The van der Waals surface area contributed by atoms with Crippen molar-refractivity contribution in [2.45, 2.75) is 18.9 Å². The van der Waals surface area contributed by atoms with Gasteiger partial charge in [-0.25, -0.2) is 0 Å². The van der Waals surface area contributed by atoms with E-state index in [-0.39, 0.29) is 11.9 Å². The Labute approximate surface area is 128 Å². The van der Waals surface area contributed by atoms with E-state index in [1.54, 1.807) is 30.6 Å². The molecule has 1 aromatic carbocycles. The van der Waals surface area contributed by atoms with E-state index in [1.807, 2.05) is 17.0 Å². The number of rotatable bonds is 2. The van der Waals surface area contributed by atoms with Crippen molar-refractivity contribution in [3.05, 3.63) is 58.9 Å². The third-order valence-electron chi connectivity index (χ3n) is 3.86.